The lowest BCUT2D eigenvalue weighted by atomic mass is 10.0. The van der Waals surface area contributed by atoms with Crippen molar-refractivity contribution in [3.63, 3.8) is 0 Å². The highest BCUT2D eigenvalue weighted by atomic mass is 16.6. The van der Waals surface area contributed by atoms with Crippen LogP contribution in [-0.4, -0.2) is 37.0 Å². The first kappa shape index (κ1) is 17.0. The molecule has 0 aliphatic rings. The van der Waals surface area contributed by atoms with Crippen molar-refractivity contribution in [2.45, 2.75) is 38.8 Å². The molecule has 1 aromatic rings. The number of carbonyl (C=O) groups is 2. The molecule has 1 aromatic carbocycles. The van der Waals surface area contributed by atoms with Crippen molar-refractivity contribution in [1.29, 1.82) is 0 Å². The molecule has 0 bridgehead atoms. The minimum Gasteiger partial charge on any atom is -0.496 e. The predicted molar refractivity (Wildman–Crippen MR) is 80.4 cm³/mol. The average molecular weight is 293 g/mol. The number of methoxy groups -OCH3 is 1. The minimum atomic E-state index is -0.585. The van der Waals surface area contributed by atoms with Gasteiger partial charge in [0.2, 0.25) is 0 Å². The van der Waals surface area contributed by atoms with Gasteiger partial charge in [0, 0.05) is 19.0 Å². The number of ether oxygens (including phenoxy) is 2. The molecule has 0 heterocycles. The van der Waals surface area contributed by atoms with Crippen molar-refractivity contribution in [2.75, 3.05) is 14.2 Å². The van der Waals surface area contributed by atoms with Gasteiger partial charge < -0.3 is 19.2 Å². The van der Waals surface area contributed by atoms with Gasteiger partial charge in [-0.3, -0.25) is 0 Å². The Morgan fingerprint density at radius 1 is 1.33 bits per heavy atom. The third-order valence-corrected chi connectivity index (χ3v) is 2.97. The third-order valence-electron chi connectivity index (χ3n) is 2.97. The van der Waals surface area contributed by atoms with Gasteiger partial charge in [0.15, 0.2) is 0 Å². The van der Waals surface area contributed by atoms with Gasteiger partial charge in [-0.25, -0.2) is 4.79 Å². The van der Waals surface area contributed by atoms with Crippen molar-refractivity contribution in [1.82, 2.24) is 4.90 Å². The molecule has 1 amide bonds. The normalized spacial score (nSPS) is 12.4. The number of hydrogen-bond acceptors (Lipinski definition) is 4. The van der Waals surface area contributed by atoms with Crippen LogP contribution in [0.4, 0.5) is 4.79 Å². The Balaban J connectivity index is 3.05. The standard InChI is InChI=1S/C16H23NO4/c1-16(2,3)21-15(19)17(4)13(10-11-18)12-8-6-7-9-14(12)20-5/h6-9,11,13H,10H2,1-5H3. The summed E-state index contributed by atoms with van der Waals surface area (Å²) in [6.45, 7) is 5.41. The molecule has 116 valence electrons. The molecule has 0 aliphatic heterocycles. The van der Waals surface area contributed by atoms with Crippen molar-refractivity contribution >= 4 is 12.4 Å². The number of aldehydes is 1. The Bertz CT molecular complexity index is 493. The highest BCUT2D eigenvalue weighted by Crippen LogP contribution is 2.31. The molecule has 21 heavy (non-hydrogen) atoms. The number of benzene rings is 1. The number of carbonyl (C=O) groups excluding carboxylic acids is 2. The molecule has 0 fully saturated rings. The van der Waals surface area contributed by atoms with E-state index in [9.17, 15) is 9.59 Å². The molecule has 0 aliphatic carbocycles. The van der Waals surface area contributed by atoms with Crippen LogP contribution >= 0.6 is 0 Å². The lowest BCUT2D eigenvalue weighted by Crippen LogP contribution is -2.37. The summed E-state index contributed by atoms with van der Waals surface area (Å²) in [4.78, 5) is 24.6. The smallest absolute Gasteiger partial charge is 0.410 e. The summed E-state index contributed by atoms with van der Waals surface area (Å²) >= 11 is 0. The highest BCUT2D eigenvalue weighted by Gasteiger charge is 2.27. The van der Waals surface area contributed by atoms with Gasteiger partial charge in [-0.1, -0.05) is 18.2 Å². The van der Waals surface area contributed by atoms with Gasteiger partial charge >= 0.3 is 6.09 Å². The Hall–Kier alpha value is -2.04. The van der Waals surface area contributed by atoms with E-state index in [1.165, 1.54) is 4.90 Å². The number of rotatable bonds is 5. The molecule has 1 atom stereocenters. The first-order chi connectivity index (χ1) is 9.80. The summed E-state index contributed by atoms with van der Waals surface area (Å²) in [7, 11) is 3.18. The number of para-hydroxylation sites is 1. The van der Waals surface area contributed by atoms with E-state index in [1.807, 2.05) is 18.2 Å². The Morgan fingerprint density at radius 3 is 2.48 bits per heavy atom. The quantitative estimate of drug-likeness (QED) is 0.782. The van der Waals surface area contributed by atoms with Crippen LogP contribution in [0.2, 0.25) is 0 Å². The molecule has 0 spiro atoms. The summed E-state index contributed by atoms with van der Waals surface area (Å²) in [5.41, 5.74) is 0.193. The molecule has 5 heteroatoms. The Labute approximate surface area is 125 Å². The number of amides is 1. The molecule has 1 rings (SSSR count). The predicted octanol–water partition coefficient (Wildman–Crippen LogP) is 3.19. The van der Waals surface area contributed by atoms with Crippen LogP contribution in [0.15, 0.2) is 24.3 Å². The first-order valence-corrected chi connectivity index (χ1v) is 6.82. The second kappa shape index (κ2) is 7.11. The van der Waals surface area contributed by atoms with Crippen LogP contribution in [0.3, 0.4) is 0 Å². The molecule has 5 nitrogen and oxygen atoms in total. The fourth-order valence-electron chi connectivity index (χ4n) is 1.99. The van der Waals surface area contributed by atoms with Gasteiger partial charge in [0.25, 0.3) is 0 Å². The third kappa shape index (κ3) is 4.77. The van der Waals surface area contributed by atoms with E-state index in [0.29, 0.717) is 5.75 Å². The zero-order valence-corrected chi connectivity index (χ0v) is 13.3. The molecular weight excluding hydrogens is 270 g/mol. The Morgan fingerprint density at radius 2 is 1.95 bits per heavy atom. The van der Waals surface area contributed by atoms with E-state index in [-0.39, 0.29) is 6.42 Å². The highest BCUT2D eigenvalue weighted by molar-refractivity contribution is 5.69. The maximum atomic E-state index is 12.2. The van der Waals surface area contributed by atoms with Crippen molar-refractivity contribution < 1.29 is 19.1 Å². The van der Waals surface area contributed by atoms with E-state index in [1.54, 1.807) is 41.0 Å². The van der Waals surface area contributed by atoms with Crippen molar-refractivity contribution in [3.8, 4) is 5.75 Å². The molecule has 1 unspecified atom stereocenters. The fourth-order valence-corrected chi connectivity index (χ4v) is 1.99. The molecular formula is C16H23NO4. The van der Waals surface area contributed by atoms with Gasteiger partial charge in [-0.05, 0) is 26.8 Å². The van der Waals surface area contributed by atoms with Crippen molar-refractivity contribution in [2.24, 2.45) is 0 Å². The lowest BCUT2D eigenvalue weighted by molar-refractivity contribution is -0.108. The molecule has 0 N–H and O–H groups in total. The molecule has 0 radical (unpaired) electrons. The van der Waals surface area contributed by atoms with E-state index >= 15 is 0 Å². The van der Waals surface area contributed by atoms with Crippen molar-refractivity contribution in [3.05, 3.63) is 29.8 Å². The second-order valence-electron chi connectivity index (χ2n) is 5.75. The summed E-state index contributed by atoms with van der Waals surface area (Å²) in [6, 6.07) is 6.91. The Kier molecular flexibility index (Phi) is 5.76. The van der Waals surface area contributed by atoms with Gasteiger partial charge in [-0.2, -0.15) is 0 Å². The van der Waals surface area contributed by atoms with Crippen LogP contribution in [0.5, 0.6) is 5.75 Å². The monoisotopic (exact) mass is 293 g/mol. The topological polar surface area (TPSA) is 55.8 Å². The summed E-state index contributed by atoms with van der Waals surface area (Å²) in [6.07, 6.45) is 0.494. The van der Waals surface area contributed by atoms with Gasteiger partial charge in [0.05, 0.1) is 13.2 Å². The lowest BCUT2D eigenvalue weighted by Gasteiger charge is -2.30. The molecule has 0 saturated carbocycles. The van der Waals surface area contributed by atoms with Crippen LogP contribution in [0.1, 0.15) is 38.8 Å². The van der Waals surface area contributed by atoms with Crippen LogP contribution < -0.4 is 4.74 Å². The zero-order chi connectivity index (χ0) is 16.0. The maximum Gasteiger partial charge on any atom is 0.410 e. The van der Waals surface area contributed by atoms with E-state index in [0.717, 1.165) is 11.8 Å². The second-order valence-corrected chi connectivity index (χ2v) is 5.75. The number of hydrogen-bond donors (Lipinski definition) is 0. The zero-order valence-electron chi connectivity index (χ0n) is 13.3. The molecule has 0 aromatic heterocycles. The minimum absolute atomic E-state index is 0.177. The summed E-state index contributed by atoms with van der Waals surface area (Å²) in [5, 5.41) is 0. The summed E-state index contributed by atoms with van der Waals surface area (Å²) < 4.78 is 10.7. The van der Waals surface area contributed by atoms with Crippen LogP contribution in [0.25, 0.3) is 0 Å². The van der Waals surface area contributed by atoms with Gasteiger partial charge in [0.1, 0.15) is 17.6 Å². The van der Waals surface area contributed by atoms with E-state index < -0.39 is 17.7 Å². The van der Waals surface area contributed by atoms with E-state index in [2.05, 4.69) is 0 Å². The van der Waals surface area contributed by atoms with Gasteiger partial charge in [-0.15, -0.1) is 0 Å². The SMILES string of the molecule is COc1ccccc1C(CC=O)N(C)C(=O)OC(C)(C)C. The first-order valence-electron chi connectivity index (χ1n) is 6.82. The largest absolute Gasteiger partial charge is 0.496 e. The van der Waals surface area contributed by atoms with E-state index in [4.69, 9.17) is 9.47 Å². The van der Waals surface area contributed by atoms with Crippen LogP contribution in [-0.2, 0) is 9.53 Å². The fraction of sp³-hybridized carbons (Fsp3) is 0.500. The van der Waals surface area contributed by atoms with Crippen LogP contribution in [0, 0.1) is 0 Å². The summed E-state index contributed by atoms with van der Waals surface area (Å²) in [5.74, 6) is 0.639. The molecule has 0 saturated heterocycles. The average Bonchev–Trinajstić information content (AvgIpc) is 2.42. The maximum absolute atomic E-state index is 12.2. The number of nitrogens with zero attached hydrogens (tertiary/aromatic N) is 1.